The van der Waals surface area contributed by atoms with Gasteiger partial charge in [-0.15, -0.1) is 0 Å². The van der Waals surface area contributed by atoms with Crippen molar-refractivity contribution in [3.8, 4) is 5.75 Å². The van der Waals surface area contributed by atoms with Gasteiger partial charge >= 0.3 is 5.69 Å². The van der Waals surface area contributed by atoms with Crippen LogP contribution < -0.4 is 16.0 Å². The van der Waals surface area contributed by atoms with Crippen LogP contribution in [0.4, 0.5) is 0 Å². The third kappa shape index (κ3) is 4.14. The van der Waals surface area contributed by atoms with Crippen molar-refractivity contribution in [3.05, 3.63) is 39.0 Å². The fourth-order valence-corrected chi connectivity index (χ4v) is 4.05. The Balaban J connectivity index is 1.38. The largest absolute Gasteiger partial charge is 0.497 e. The van der Waals surface area contributed by atoms with Gasteiger partial charge in [0.05, 0.1) is 31.2 Å². The second-order valence-electron chi connectivity index (χ2n) is 7.50. The van der Waals surface area contributed by atoms with Crippen LogP contribution in [0.5, 0.6) is 5.75 Å². The number of rotatable bonds is 6. The number of fused-ring (bicyclic) bond motifs is 1. The van der Waals surface area contributed by atoms with Crippen LogP contribution in [0.3, 0.4) is 0 Å². The maximum absolute atomic E-state index is 12.8. The summed E-state index contributed by atoms with van der Waals surface area (Å²) in [6.45, 7) is 4.60. The Kier molecular flexibility index (Phi) is 5.79. The molecule has 28 heavy (non-hydrogen) atoms. The molecule has 0 spiro atoms. The molecule has 0 saturated carbocycles. The number of aromatic amines is 1. The molecule has 0 bridgehead atoms. The van der Waals surface area contributed by atoms with E-state index in [-0.39, 0.29) is 17.5 Å². The highest BCUT2D eigenvalue weighted by Crippen LogP contribution is 2.22. The molecular formula is C20H27N3O5. The first kappa shape index (κ1) is 19.2. The summed E-state index contributed by atoms with van der Waals surface area (Å²) < 4.78 is 17.5. The van der Waals surface area contributed by atoms with E-state index in [4.69, 9.17) is 14.2 Å². The molecule has 0 amide bonds. The van der Waals surface area contributed by atoms with Crippen LogP contribution in [-0.4, -0.2) is 60.7 Å². The number of likely N-dealkylation sites (tertiary alicyclic amines) is 1. The highest BCUT2D eigenvalue weighted by molar-refractivity contribution is 5.78. The molecular weight excluding hydrogens is 362 g/mol. The molecule has 2 aromatic rings. The molecule has 0 radical (unpaired) electrons. The molecule has 0 unspecified atom stereocenters. The van der Waals surface area contributed by atoms with E-state index in [2.05, 4.69) is 9.88 Å². The van der Waals surface area contributed by atoms with Crippen molar-refractivity contribution in [3.63, 3.8) is 0 Å². The zero-order valence-corrected chi connectivity index (χ0v) is 16.2. The van der Waals surface area contributed by atoms with Gasteiger partial charge in [0.25, 0.3) is 5.56 Å². The molecule has 4 rings (SSSR count). The highest BCUT2D eigenvalue weighted by Gasteiger charge is 2.24. The summed E-state index contributed by atoms with van der Waals surface area (Å²) in [6.07, 6.45) is 2.84. The number of piperidine rings is 1. The van der Waals surface area contributed by atoms with E-state index in [1.54, 1.807) is 25.3 Å². The molecule has 0 atom stereocenters. The average molecular weight is 389 g/mol. The number of hydrogen-bond donors (Lipinski definition) is 1. The number of nitrogens with one attached hydrogen (secondary N) is 1. The fraction of sp³-hybridized carbons (Fsp3) is 0.600. The van der Waals surface area contributed by atoms with Gasteiger partial charge in [0.1, 0.15) is 5.75 Å². The minimum Gasteiger partial charge on any atom is -0.497 e. The number of ether oxygens (including phenoxy) is 3. The molecule has 2 aliphatic rings. The van der Waals surface area contributed by atoms with Crippen molar-refractivity contribution in [2.75, 3.05) is 40.0 Å². The number of hydrogen-bond acceptors (Lipinski definition) is 6. The third-order valence-corrected chi connectivity index (χ3v) is 5.76. The lowest BCUT2D eigenvalue weighted by Gasteiger charge is -2.32. The smallest absolute Gasteiger partial charge is 0.328 e. The van der Waals surface area contributed by atoms with Crippen molar-refractivity contribution >= 4 is 10.9 Å². The van der Waals surface area contributed by atoms with Crippen LogP contribution in [0.2, 0.25) is 0 Å². The number of methoxy groups -OCH3 is 1. The third-order valence-electron chi connectivity index (χ3n) is 5.76. The van der Waals surface area contributed by atoms with Gasteiger partial charge < -0.3 is 19.2 Å². The van der Waals surface area contributed by atoms with Crippen LogP contribution >= 0.6 is 0 Å². The van der Waals surface area contributed by atoms with Crippen molar-refractivity contribution < 1.29 is 14.2 Å². The molecule has 2 fully saturated rings. The monoisotopic (exact) mass is 389 g/mol. The summed E-state index contributed by atoms with van der Waals surface area (Å²) in [7, 11) is 1.56. The highest BCUT2D eigenvalue weighted by atomic mass is 16.7. The second kappa shape index (κ2) is 8.46. The van der Waals surface area contributed by atoms with E-state index in [0.717, 1.165) is 38.9 Å². The minimum atomic E-state index is -0.351. The molecule has 1 N–H and O–H groups in total. The maximum Gasteiger partial charge on any atom is 0.328 e. The molecule has 0 aliphatic carbocycles. The van der Waals surface area contributed by atoms with Crippen molar-refractivity contribution in [2.45, 2.75) is 32.1 Å². The Labute approximate surface area is 163 Å². The van der Waals surface area contributed by atoms with Crippen molar-refractivity contribution in [2.24, 2.45) is 5.92 Å². The summed E-state index contributed by atoms with van der Waals surface area (Å²) in [4.78, 5) is 30.3. The van der Waals surface area contributed by atoms with Gasteiger partial charge in [-0.3, -0.25) is 14.3 Å². The zero-order valence-electron chi connectivity index (χ0n) is 16.2. The van der Waals surface area contributed by atoms with Crippen molar-refractivity contribution in [1.82, 2.24) is 14.5 Å². The average Bonchev–Trinajstić information content (AvgIpc) is 3.22. The van der Waals surface area contributed by atoms with Crippen LogP contribution in [0.25, 0.3) is 10.9 Å². The predicted molar refractivity (Wildman–Crippen MR) is 105 cm³/mol. The van der Waals surface area contributed by atoms with E-state index in [0.29, 0.717) is 42.3 Å². The lowest BCUT2D eigenvalue weighted by atomic mass is 9.93. The maximum atomic E-state index is 12.8. The molecule has 152 valence electrons. The van der Waals surface area contributed by atoms with Gasteiger partial charge in [-0.05, 0) is 56.5 Å². The molecule has 2 saturated heterocycles. The standard InChI is InChI=1S/C20H27N3O5/c1-26-15-2-3-17-16(12-15)19(24)23(20(25)21-17)9-6-14-4-7-22(8-5-14)13-18-27-10-11-28-18/h2-3,12,14,18H,4-11,13H2,1H3,(H,21,25). The minimum absolute atomic E-state index is 0.0942. The zero-order chi connectivity index (χ0) is 19.5. The predicted octanol–water partition coefficient (Wildman–Crippen LogP) is 1.17. The molecule has 8 nitrogen and oxygen atoms in total. The summed E-state index contributed by atoms with van der Waals surface area (Å²) >= 11 is 0. The van der Waals surface area contributed by atoms with Gasteiger partial charge in [-0.1, -0.05) is 0 Å². The van der Waals surface area contributed by atoms with Gasteiger partial charge in [0.15, 0.2) is 6.29 Å². The SMILES string of the molecule is COc1ccc2[nH]c(=O)n(CCC3CCN(CC4OCCO4)CC3)c(=O)c2c1. The van der Waals surface area contributed by atoms with E-state index < -0.39 is 0 Å². The lowest BCUT2D eigenvalue weighted by Crippen LogP contribution is -2.40. The molecule has 1 aromatic heterocycles. The van der Waals surface area contributed by atoms with Crippen LogP contribution in [0, 0.1) is 5.92 Å². The summed E-state index contributed by atoms with van der Waals surface area (Å²) in [5.41, 5.74) is -0.0713. The summed E-state index contributed by atoms with van der Waals surface area (Å²) in [5, 5.41) is 0.477. The molecule has 8 heteroatoms. The number of H-pyrrole nitrogens is 1. The Bertz CT molecular complexity index is 924. The quantitative estimate of drug-likeness (QED) is 0.798. The van der Waals surface area contributed by atoms with E-state index in [9.17, 15) is 9.59 Å². The van der Waals surface area contributed by atoms with Gasteiger partial charge in [-0.2, -0.15) is 0 Å². The van der Waals surface area contributed by atoms with Gasteiger partial charge in [0.2, 0.25) is 0 Å². The summed E-state index contributed by atoms with van der Waals surface area (Å²) in [6, 6.07) is 5.11. The Morgan fingerprint density at radius 2 is 1.93 bits per heavy atom. The van der Waals surface area contributed by atoms with E-state index >= 15 is 0 Å². The van der Waals surface area contributed by atoms with Gasteiger partial charge in [-0.25, -0.2) is 4.79 Å². The molecule has 2 aliphatic heterocycles. The molecule has 1 aromatic carbocycles. The van der Waals surface area contributed by atoms with Crippen molar-refractivity contribution in [1.29, 1.82) is 0 Å². The number of benzene rings is 1. The Hall–Kier alpha value is -2.16. The number of nitrogens with zero attached hydrogens (tertiary/aromatic N) is 2. The van der Waals surface area contributed by atoms with Crippen LogP contribution in [0.15, 0.2) is 27.8 Å². The topological polar surface area (TPSA) is 85.8 Å². The second-order valence-corrected chi connectivity index (χ2v) is 7.50. The Morgan fingerprint density at radius 3 is 2.64 bits per heavy atom. The lowest BCUT2D eigenvalue weighted by molar-refractivity contribution is -0.0662. The first-order valence-corrected chi connectivity index (χ1v) is 9.90. The summed E-state index contributed by atoms with van der Waals surface area (Å²) in [5.74, 6) is 1.11. The normalized spacial score (nSPS) is 19.5. The van der Waals surface area contributed by atoms with E-state index in [1.165, 1.54) is 4.57 Å². The fourth-order valence-electron chi connectivity index (χ4n) is 4.05. The van der Waals surface area contributed by atoms with Crippen LogP contribution in [0.1, 0.15) is 19.3 Å². The van der Waals surface area contributed by atoms with Crippen LogP contribution in [-0.2, 0) is 16.0 Å². The Morgan fingerprint density at radius 1 is 1.18 bits per heavy atom. The van der Waals surface area contributed by atoms with E-state index in [1.807, 2.05) is 0 Å². The first-order chi connectivity index (χ1) is 13.6. The number of aromatic nitrogens is 2. The van der Waals surface area contributed by atoms with Gasteiger partial charge in [0, 0.05) is 13.1 Å². The first-order valence-electron chi connectivity index (χ1n) is 9.90. The molecule has 3 heterocycles.